The molecule has 2 atom stereocenters. The van der Waals surface area contributed by atoms with Gasteiger partial charge >= 0.3 is 0 Å². The van der Waals surface area contributed by atoms with Crippen LogP contribution in [0.15, 0.2) is 18.3 Å². The Morgan fingerprint density at radius 2 is 2.38 bits per heavy atom. The van der Waals surface area contributed by atoms with Gasteiger partial charge in [0.15, 0.2) is 0 Å². The fourth-order valence-electron chi connectivity index (χ4n) is 2.87. The number of likely N-dealkylation sites (tertiary alicyclic amines) is 1. The zero-order valence-electron chi connectivity index (χ0n) is 8.90. The van der Waals surface area contributed by atoms with E-state index in [2.05, 4.69) is 4.98 Å². The molecular formula is C12H13ClN2O. The third-order valence-electron chi connectivity index (χ3n) is 3.66. The predicted octanol–water partition coefficient (Wildman–Crippen LogP) is 2.36. The van der Waals surface area contributed by atoms with Gasteiger partial charge in [-0.15, -0.1) is 0 Å². The first-order chi connectivity index (χ1) is 7.75. The summed E-state index contributed by atoms with van der Waals surface area (Å²) in [7, 11) is 0. The Morgan fingerprint density at radius 1 is 1.50 bits per heavy atom. The van der Waals surface area contributed by atoms with Crippen LogP contribution < -0.4 is 0 Å². The molecule has 1 saturated heterocycles. The first-order valence-corrected chi connectivity index (χ1v) is 6.05. The molecule has 84 valence electrons. The number of nitrogens with zero attached hydrogens (tertiary/aromatic N) is 2. The van der Waals surface area contributed by atoms with Gasteiger partial charge in [-0.2, -0.15) is 0 Å². The van der Waals surface area contributed by atoms with Crippen LogP contribution in [0.4, 0.5) is 0 Å². The lowest BCUT2D eigenvalue weighted by Gasteiger charge is -2.27. The number of halogens is 1. The van der Waals surface area contributed by atoms with Crippen molar-refractivity contribution in [3.05, 3.63) is 29.0 Å². The molecule has 0 radical (unpaired) electrons. The summed E-state index contributed by atoms with van der Waals surface area (Å²) >= 11 is 5.94. The number of hydrogen-bond acceptors (Lipinski definition) is 2. The highest BCUT2D eigenvalue weighted by atomic mass is 35.5. The third-order valence-corrected chi connectivity index (χ3v) is 3.96. The Kier molecular flexibility index (Phi) is 2.36. The van der Waals surface area contributed by atoms with Gasteiger partial charge < -0.3 is 4.90 Å². The highest BCUT2D eigenvalue weighted by Crippen LogP contribution is 2.38. The minimum absolute atomic E-state index is 0.0466. The quantitative estimate of drug-likeness (QED) is 0.702. The van der Waals surface area contributed by atoms with E-state index in [-0.39, 0.29) is 5.91 Å². The highest BCUT2D eigenvalue weighted by molar-refractivity contribution is 6.32. The molecule has 2 fully saturated rings. The monoisotopic (exact) mass is 236 g/mol. The molecule has 1 aliphatic carbocycles. The van der Waals surface area contributed by atoms with Crippen LogP contribution in [0.1, 0.15) is 29.6 Å². The maximum atomic E-state index is 12.3. The van der Waals surface area contributed by atoms with Gasteiger partial charge in [-0.3, -0.25) is 4.79 Å². The standard InChI is InChI=1S/C12H13ClN2O/c13-11-10(2-1-5-14-11)12(16)15-7-8-3-4-9(15)6-8/h1-2,5,8-9H,3-4,6-7H2/t8-,9-/m0/s1. The van der Waals surface area contributed by atoms with Gasteiger partial charge in [0.1, 0.15) is 5.15 Å². The molecule has 0 N–H and O–H groups in total. The molecule has 0 unspecified atom stereocenters. The molecule has 1 amide bonds. The summed E-state index contributed by atoms with van der Waals surface area (Å²) in [5.41, 5.74) is 0.539. The first-order valence-electron chi connectivity index (χ1n) is 5.67. The third kappa shape index (κ3) is 1.50. The van der Waals surface area contributed by atoms with Gasteiger partial charge in [-0.25, -0.2) is 4.98 Å². The molecule has 0 spiro atoms. The van der Waals surface area contributed by atoms with E-state index in [1.54, 1.807) is 18.3 Å². The second kappa shape index (κ2) is 3.74. The molecule has 1 aromatic rings. The molecule has 16 heavy (non-hydrogen) atoms. The van der Waals surface area contributed by atoms with Crippen molar-refractivity contribution in [3.63, 3.8) is 0 Å². The van der Waals surface area contributed by atoms with Gasteiger partial charge in [-0.05, 0) is 37.3 Å². The Morgan fingerprint density at radius 3 is 3.00 bits per heavy atom. The van der Waals surface area contributed by atoms with E-state index in [4.69, 9.17) is 11.6 Å². The maximum Gasteiger partial charge on any atom is 0.257 e. The number of carbonyl (C=O) groups is 1. The summed E-state index contributed by atoms with van der Waals surface area (Å²) in [6.45, 7) is 0.898. The first kappa shape index (κ1) is 10.1. The number of rotatable bonds is 1. The number of pyridine rings is 1. The van der Waals surface area contributed by atoms with Crippen molar-refractivity contribution in [3.8, 4) is 0 Å². The molecule has 4 heteroatoms. The van der Waals surface area contributed by atoms with Crippen molar-refractivity contribution in [1.82, 2.24) is 9.88 Å². The minimum atomic E-state index is 0.0466. The number of piperidine rings is 1. The maximum absolute atomic E-state index is 12.3. The van der Waals surface area contributed by atoms with Crippen LogP contribution in [0.25, 0.3) is 0 Å². The average Bonchev–Trinajstić information content (AvgIpc) is 2.90. The molecule has 3 nitrogen and oxygen atoms in total. The summed E-state index contributed by atoms with van der Waals surface area (Å²) in [6.07, 6.45) is 5.20. The zero-order chi connectivity index (χ0) is 11.1. The molecule has 2 heterocycles. The van der Waals surface area contributed by atoms with E-state index in [0.29, 0.717) is 22.7 Å². The molecule has 3 rings (SSSR count). The van der Waals surface area contributed by atoms with Gasteiger partial charge in [0, 0.05) is 18.8 Å². The summed E-state index contributed by atoms with van der Waals surface area (Å²) < 4.78 is 0. The molecule has 1 saturated carbocycles. The van der Waals surface area contributed by atoms with Gasteiger partial charge in [0.2, 0.25) is 0 Å². The normalized spacial score (nSPS) is 27.4. The SMILES string of the molecule is O=C(c1cccnc1Cl)N1C[C@H]2CC[C@H]1C2. The van der Waals surface area contributed by atoms with Gasteiger partial charge in [-0.1, -0.05) is 11.6 Å². The van der Waals surface area contributed by atoms with Crippen LogP contribution in [0, 0.1) is 5.92 Å². The predicted molar refractivity (Wildman–Crippen MR) is 61.4 cm³/mol. The van der Waals surface area contributed by atoms with Crippen molar-refractivity contribution in [2.75, 3.05) is 6.54 Å². The number of amides is 1. The second-order valence-corrected chi connectivity index (χ2v) is 4.99. The van der Waals surface area contributed by atoms with Crippen molar-refractivity contribution in [2.45, 2.75) is 25.3 Å². The molecule has 2 aliphatic rings. The average molecular weight is 237 g/mol. The lowest BCUT2D eigenvalue weighted by atomic mass is 10.1. The van der Waals surface area contributed by atoms with E-state index in [1.165, 1.54) is 12.8 Å². The van der Waals surface area contributed by atoms with Crippen LogP contribution in [0.5, 0.6) is 0 Å². The van der Waals surface area contributed by atoms with Crippen LogP contribution in [0.3, 0.4) is 0 Å². The zero-order valence-corrected chi connectivity index (χ0v) is 9.65. The number of fused-ring (bicyclic) bond motifs is 2. The fourth-order valence-corrected chi connectivity index (χ4v) is 3.07. The minimum Gasteiger partial charge on any atom is -0.335 e. The van der Waals surface area contributed by atoms with Crippen LogP contribution in [-0.2, 0) is 0 Å². The smallest absolute Gasteiger partial charge is 0.257 e. The van der Waals surface area contributed by atoms with E-state index >= 15 is 0 Å². The Labute approximate surface area is 99.4 Å². The Balaban J connectivity index is 1.86. The van der Waals surface area contributed by atoms with Gasteiger partial charge in [0.25, 0.3) is 5.91 Å². The van der Waals surface area contributed by atoms with Crippen molar-refractivity contribution >= 4 is 17.5 Å². The molecule has 0 aromatic carbocycles. The van der Waals surface area contributed by atoms with Crippen molar-refractivity contribution in [1.29, 1.82) is 0 Å². The lowest BCUT2D eigenvalue weighted by Crippen LogP contribution is -2.37. The van der Waals surface area contributed by atoms with E-state index < -0.39 is 0 Å². The van der Waals surface area contributed by atoms with E-state index in [1.807, 2.05) is 4.90 Å². The lowest BCUT2D eigenvalue weighted by molar-refractivity contribution is 0.0703. The number of hydrogen-bond donors (Lipinski definition) is 0. The van der Waals surface area contributed by atoms with Crippen LogP contribution >= 0.6 is 11.6 Å². The van der Waals surface area contributed by atoms with Crippen molar-refractivity contribution in [2.24, 2.45) is 5.92 Å². The molecule has 1 aliphatic heterocycles. The Hall–Kier alpha value is -1.09. The second-order valence-electron chi connectivity index (χ2n) is 4.63. The number of carbonyl (C=O) groups excluding carboxylic acids is 1. The molecule has 2 bridgehead atoms. The van der Waals surface area contributed by atoms with E-state index in [9.17, 15) is 4.79 Å². The largest absolute Gasteiger partial charge is 0.335 e. The highest BCUT2D eigenvalue weighted by Gasteiger charge is 2.40. The van der Waals surface area contributed by atoms with Crippen LogP contribution in [0.2, 0.25) is 5.15 Å². The van der Waals surface area contributed by atoms with Crippen molar-refractivity contribution < 1.29 is 4.79 Å². The topological polar surface area (TPSA) is 33.2 Å². The van der Waals surface area contributed by atoms with E-state index in [0.717, 1.165) is 13.0 Å². The number of aromatic nitrogens is 1. The molecular weight excluding hydrogens is 224 g/mol. The summed E-state index contributed by atoms with van der Waals surface area (Å²) in [5.74, 6) is 0.759. The molecule has 1 aromatic heterocycles. The Bertz CT molecular complexity index is 435. The van der Waals surface area contributed by atoms with Gasteiger partial charge in [0.05, 0.1) is 5.56 Å². The fraction of sp³-hybridized carbons (Fsp3) is 0.500. The summed E-state index contributed by atoms with van der Waals surface area (Å²) in [4.78, 5) is 18.2. The van der Waals surface area contributed by atoms with Crippen LogP contribution in [-0.4, -0.2) is 28.4 Å². The summed E-state index contributed by atoms with van der Waals surface area (Å²) in [5, 5.41) is 0.315. The summed E-state index contributed by atoms with van der Waals surface area (Å²) in [6, 6.07) is 3.95.